The van der Waals surface area contributed by atoms with E-state index in [0.29, 0.717) is 17.0 Å². The van der Waals surface area contributed by atoms with Gasteiger partial charge in [-0.25, -0.2) is 4.79 Å². The van der Waals surface area contributed by atoms with E-state index in [-0.39, 0.29) is 30.9 Å². The highest BCUT2D eigenvalue weighted by molar-refractivity contribution is 6.03. The van der Waals surface area contributed by atoms with Crippen LogP contribution in [0.4, 0.5) is 4.79 Å². The maximum atomic E-state index is 13.3. The summed E-state index contributed by atoms with van der Waals surface area (Å²) in [5.41, 5.74) is 3.06. The van der Waals surface area contributed by atoms with Gasteiger partial charge in [-0.1, -0.05) is 29.8 Å². The van der Waals surface area contributed by atoms with E-state index in [1.54, 1.807) is 26.1 Å². The Labute approximate surface area is 174 Å². The molecule has 0 saturated heterocycles. The fraction of sp³-hybridized carbons (Fsp3) is 0.318. The van der Waals surface area contributed by atoms with Gasteiger partial charge in [-0.15, -0.1) is 0 Å². The zero-order valence-electron chi connectivity index (χ0n) is 17.1. The van der Waals surface area contributed by atoms with Gasteiger partial charge < -0.3 is 20.0 Å². The summed E-state index contributed by atoms with van der Waals surface area (Å²) in [5.74, 6) is 0.103. The van der Waals surface area contributed by atoms with Crippen LogP contribution < -0.4 is 10.6 Å². The highest BCUT2D eigenvalue weighted by Gasteiger charge is 2.45. The molecule has 8 heteroatoms. The van der Waals surface area contributed by atoms with Gasteiger partial charge in [-0.3, -0.25) is 14.5 Å². The Morgan fingerprint density at radius 2 is 2.00 bits per heavy atom. The highest BCUT2D eigenvalue weighted by atomic mass is 16.3. The van der Waals surface area contributed by atoms with Crippen LogP contribution in [0.3, 0.4) is 0 Å². The number of aryl methyl sites for hydroxylation is 1. The van der Waals surface area contributed by atoms with Gasteiger partial charge in [0.1, 0.15) is 11.8 Å². The lowest BCUT2D eigenvalue weighted by Crippen LogP contribution is -2.46. The molecule has 2 aliphatic rings. The van der Waals surface area contributed by atoms with Crippen LogP contribution in [-0.2, 0) is 16.1 Å². The van der Waals surface area contributed by atoms with E-state index in [1.165, 1.54) is 16.1 Å². The minimum absolute atomic E-state index is 0.204. The normalized spacial score (nSPS) is 19.6. The van der Waals surface area contributed by atoms with E-state index < -0.39 is 12.1 Å². The second-order valence-corrected chi connectivity index (χ2v) is 7.62. The number of carbonyl (C=O) groups excluding carboxylic acids is 3. The molecule has 0 spiro atoms. The molecule has 8 nitrogen and oxygen atoms in total. The van der Waals surface area contributed by atoms with Crippen molar-refractivity contribution in [2.75, 3.05) is 13.6 Å². The number of carbonyl (C=O) groups is 3. The molecular formula is C22H24N4O4. The lowest BCUT2D eigenvalue weighted by Gasteiger charge is -2.31. The number of furan rings is 1. The lowest BCUT2D eigenvalue weighted by atomic mass is 9.95. The first kappa shape index (κ1) is 19.8. The zero-order valence-corrected chi connectivity index (χ0v) is 17.1. The molecule has 0 saturated carbocycles. The molecule has 0 unspecified atom stereocenters. The van der Waals surface area contributed by atoms with Crippen molar-refractivity contribution in [3.8, 4) is 0 Å². The van der Waals surface area contributed by atoms with Crippen molar-refractivity contribution >= 4 is 17.8 Å². The van der Waals surface area contributed by atoms with Gasteiger partial charge in [0, 0.05) is 7.05 Å². The number of urea groups is 1. The average molecular weight is 408 g/mol. The Kier molecular flexibility index (Phi) is 5.07. The second-order valence-electron chi connectivity index (χ2n) is 7.62. The second kappa shape index (κ2) is 7.70. The van der Waals surface area contributed by atoms with Crippen LogP contribution in [0, 0.1) is 6.92 Å². The molecular weight excluding hydrogens is 384 g/mol. The van der Waals surface area contributed by atoms with Crippen LogP contribution in [0.25, 0.3) is 0 Å². The summed E-state index contributed by atoms with van der Waals surface area (Å²) in [6, 6.07) is 9.72. The number of rotatable bonds is 5. The smallest absolute Gasteiger partial charge is 0.322 e. The monoisotopic (exact) mass is 408 g/mol. The minimum atomic E-state index is -0.694. The van der Waals surface area contributed by atoms with E-state index in [2.05, 4.69) is 10.6 Å². The van der Waals surface area contributed by atoms with Crippen LogP contribution in [0.2, 0.25) is 0 Å². The number of nitrogens with zero attached hydrogens (tertiary/aromatic N) is 2. The highest BCUT2D eigenvalue weighted by Crippen LogP contribution is 2.36. The van der Waals surface area contributed by atoms with E-state index in [9.17, 15) is 14.4 Å². The van der Waals surface area contributed by atoms with Crippen LogP contribution >= 0.6 is 0 Å². The Morgan fingerprint density at radius 1 is 1.27 bits per heavy atom. The predicted molar refractivity (Wildman–Crippen MR) is 109 cm³/mol. The summed E-state index contributed by atoms with van der Waals surface area (Å²) in [6.07, 6.45) is 1.54. The molecule has 0 fully saturated rings. The molecule has 1 aromatic heterocycles. The van der Waals surface area contributed by atoms with Gasteiger partial charge in [0.25, 0.3) is 5.91 Å². The molecule has 4 amide bonds. The molecule has 0 aliphatic carbocycles. The van der Waals surface area contributed by atoms with E-state index >= 15 is 0 Å². The van der Waals surface area contributed by atoms with Gasteiger partial charge in [-0.05, 0) is 31.5 Å². The largest absolute Gasteiger partial charge is 0.467 e. The average Bonchev–Trinajstić information content (AvgIpc) is 3.37. The molecule has 0 bridgehead atoms. The SMILES string of the molecule is Cc1ccc([C@@H]2NC(=O)N(C)C3=C2C(=O)N([C@@H](C)C(=O)NCc2ccco2)C3)cc1. The fourth-order valence-electron chi connectivity index (χ4n) is 3.79. The number of hydrogen-bond acceptors (Lipinski definition) is 4. The van der Waals surface area contributed by atoms with Crippen molar-refractivity contribution < 1.29 is 18.8 Å². The molecule has 2 aromatic rings. The van der Waals surface area contributed by atoms with Crippen molar-refractivity contribution in [3.05, 3.63) is 70.8 Å². The molecule has 1 aromatic carbocycles. The minimum Gasteiger partial charge on any atom is -0.467 e. The van der Waals surface area contributed by atoms with Crippen molar-refractivity contribution in [1.82, 2.24) is 20.4 Å². The first-order valence-corrected chi connectivity index (χ1v) is 9.81. The first-order valence-electron chi connectivity index (χ1n) is 9.81. The topological polar surface area (TPSA) is 94.9 Å². The summed E-state index contributed by atoms with van der Waals surface area (Å²) < 4.78 is 5.23. The van der Waals surface area contributed by atoms with Gasteiger partial charge in [0.05, 0.1) is 36.7 Å². The molecule has 156 valence electrons. The standard InChI is InChI=1S/C22H24N4O4/c1-13-6-8-15(9-7-13)19-18-17(25(3)22(29)24-19)12-26(21(18)28)14(2)20(27)23-11-16-5-4-10-30-16/h4-10,14,19H,11-12H2,1-3H3,(H,23,27)(H,24,29)/t14-,19-/m0/s1. The van der Waals surface area contributed by atoms with Crippen LogP contribution in [0.1, 0.15) is 29.9 Å². The molecule has 0 radical (unpaired) electrons. The van der Waals surface area contributed by atoms with E-state index in [4.69, 9.17) is 4.42 Å². The Morgan fingerprint density at radius 3 is 2.67 bits per heavy atom. The maximum Gasteiger partial charge on any atom is 0.322 e. The zero-order chi connectivity index (χ0) is 21.4. The van der Waals surface area contributed by atoms with Gasteiger partial charge in [-0.2, -0.15) is 0 Å². The van der Waals surface area contributed by atoms with Crippen LogP contribution in [-0.4, -0.2) is 47.3 Å². The lowest BCUT2D eigenvalue weighted by molar-refractivity contribution is -0.135. The summed E-state index contributed by atoms with van der Waals surface area (Å²) in [7, 11) is 1.63. The molecule has 30 heavy (non-hydrogen) atoms. The van der Waals surface area contributed by atoms with E-state index in [1.807, 2.05) is 31.2 Å². The van der Waals surface area contributed by atoms with Gasteiger partial charge >= 0.3 is 6.03 Å². The maximum absolute atomic E-state index is 13.3. The first-order chi connectivity index (χ1) is 14.4. The third kappa shape index (κ3) is 3.45. The van der Waals surface area contributed by atoms with Crippen molar-refractivity contribution in [1.29, 1.82) is 0 Å². The van der Waals surface area contributed by atoms with E-state index in [0.717, 1.165) is 11.1 Å². The number of hydrogen-bond donors (Lipinski definition) is 2. The Hall–Kier alpha value is -3.55. The summed E-state index contributed by atoms with van der Waals surface area (Å²) in [6.45, 7) is 4.12. The number of nitrogens with one attached hydrogen (secondary N) is 2. The Balaban J connectivity index is 1.55. The third-order valence-corrected chi connectivity index (χ3v) is 5.66. The molecule has 2 atom stereocenters. The predicted octanol–water partition coefficient (Wildman–Crippen LogP) is 2.09. The number of benzene rings is 1. The molecule has 2 N–H and O–H groups in total. The quantitative estimate of drug-likeness (QED) is 0.792. The summed E-state index contributed by atoms with van der Waals surface area (Å²) >= 11 is 0. The summed E-state index contributed by atoms with van der Waals surface area (Å²) in [5, 5.41) is 5.70. The molecule has 2 aliphatic heterocycles. The van der Waals surface area contributed by atoms with Crippen molar-refractivity contribution in [2.24, 2.45) is 0 Å². The Bertz CT molecular complexity index is 1010. The molecule has 4 rings (SSSR count). The number of likely N-dealkylation sites (N-methyl/N-ethyl adjacent to an activating group) is 1. The number of amides is 4. The fourth-order valence-corrected chi connectivity index (χ4v) is 3.79. The van der Waals surface area contributed by atoms with Gasteiger partial charge in [0.2, 0.25) is 5.91 Å². The van der Waals surface area contributed by atoms with Crippen LogP contribution in [0.15, 0.2) is 58.3 Å². The molecule has 3 heterocycles. The van der Waals surface area contributed by atoms with Crippen molar-refractivity contribution in [3.63, 3.8) is 0 Å². The summed E-state index contributed by atoms with van der Waals surface area (Å²) in [4.78, 5) is 41.4. The third-order valence-electron chi connectivity index (χ3n) is 5.66. The van der Waals surface area contributed by atoms with Gasteiger partial charge in [0.15, 0.2) is 0 Å². The van der Waals surface area contributed by atoms with Crippen LogP contribution in [0.5, 0.6) is 0 Å². The van der Waals surface area contributed by atoms with Crippen molar-refractivity contribution in [2.45, 2.75) is 32.5 Å².